The Bertz CT molecular complexity index is 1360. The van der Waals surface area contributed by atoms with E-state index < -0.39 is 6.10 Å². The van der Waals surface area contributed by atoms with E-state index in [0.717, 1.165) is 87.7 Å². The molecule has 6 nitrogen and oxygen atoms in total. The number of hydrogen-bond donors (Lipinski definition) is 2. The molecular weight excluding hydrogens is 546 g/mol. The number of fused-ring (bicyclic) bond motifs is 1. The smallest absolute Gasteiger partial charge is 0.223 e. The quantitative estimate of drug-likeness (QED) is 0.156. The summed E-state index contributed by atoms with van der Waals surface area (Å²) in [6.45, 7) is 3.43. The standard InChI is InChI=1S/C38H47N3O3/c42-34(29-44-37-21-9-20-36-35(37)19-10-24-39-36)28-41-25-22-32(23-26-41)27-40-38(43)33(17-7-15-30-11-3-1-4-12-30)18-8-16-31-13-5-2-6-14-31/h1-6,9-14,19-21,24,32-34,42H,7-8,15-18,22-23,25-29H2,(H,40,43)/t34-/m1/s1. The molecule has 0 aliphatic carbocycles. The maximum Gasteiger partial charge on any atom is 0.223 e. The summed E-state index contributed by atoms with van der Waals surface area (Å²) in [5.41, 5.74) is 3.56. The van der Waals surface area contributed by atoms with Crippen molar-refractivity contribution in [1.82, 2.24) is 15.2 Å². The molecular formula is C38H47N3O3. The van der Waals surface area contributed by atoms with Crippen LogP contribution in [0.25, 0.3) is 10.9 Å². The van der Waals surface area contributed by atoms with E-state index in [9.17, 15) is 9.90 Å². The summed E-state index contributed by atoms with van der Waals surface area (Å²) in [6.07, 6.45) is 9.16. The molecule has 1 atom stereocenters. The number of benzene rings is 3. The van der Waals surface area contributed by atoms with E-state index in [4.69, 9.17) is 4.74 Å². The van der Waals surface area contributed by atoms with Gasteiger partial charge in [-0.05, 0) is 106 Å². The molecule has 5 rings (SSSR count). The molecule has 6 heteroatoms. The average Bonchev–Trinajstić information content (AvgIpc) is 3.07. The number of pyridine rings is 1. The molecule has 1 aromatic heterocycles. The summed E-state index contributed by atoms with van der Waals surface area (Å²) in [5, 5.41) is 15.0. The van der Waals surface area contributed by atoms with Crippen molar-refractivity contribution < 1.29 is 14.6 Å². The maximum atomic E-state index is 13.4. The van der Waals surface area contributed by atoms with Crippen LogP contribution < -0.4 is 10.1 Å². The first-order valence-electron chi connectivity index (χ1n) is 16.4. The molecule has 232 valence electrons. The van der Waals surface area contributed by atoms with Crippen LogP contribution in [0.5, 0.6) is 5.75 Å². The molecule has 0 radical (unpaired) electrons. The second kappa shape index (κ2) is 16.9. The van der Waals surface area contributed by atoms with Crippen LogP contribution in [0.15, 0.2) is 97.2 Å². The number of nitrogens with one attached hydrogen (secondary N) is 1. The minimum Gasteiger partial charge on any atom is -0.490 e. The number of piperidine rings is 1. The van der Waals surface area contributed by atoms with Crippen molar-refractivity contribution in [2.24, 2.45) is 11.8 Å². The number of aliphatic hydroxyl groups is 1. The second-order valence-corrected chi connectivity index (χ2v) is 12.2. The van der Waals surface area contributed by atoms with E-state index in [1.807, 2.05) is 30.3 Å². The highest BCUT2D eigenvalue weighted by atomic mass is 16.5. The Hall–Kier alpha value is -3.74. The van der Waals surface area contributed by atoms with Crippen molar-refractivity contribution >= 4 is 16.8 Å². The summed E-state index contributed by atoms with van der Waals surface area (Å²) >= 11 is 0. The van der Waals surface area contributed by atoms with Crippen molar-refractivity contribution in [3.05, 3.63) is 108 Å². The third-order valence-corrected chi connectivity index (χ3v) is 8.87. The van der Waals surface area contributed by atoms with Gasteiger partial charge in [0, 0.05) is 30.6 Å². The second-order valence-electron chi connectivity index (χ2n) is 12.2. The number of nitrogens with zero attached hydrogens (tertiary/aromatic N) is 2. The fourth-order valence-electron chi connectivity index (χ4n) is 6.30. The molecule has 1 aliphatic heterocycles. The number of hydrogen-bond acceptors (Lipinski definition) is 5. The monoisotopic (exact) mass is 593 g/mol. The largest absolute Gasteiger partial charge is 0.490 e. The Morgan fingerprint density at radius 2 is 1.52 bits per heavy atom. The van der Waals surface area contributed by atoms with Gasteiger partial charge in [-0.3, -0.25) is 9.78 Å². The van der Waals surface area contributed by atoms with Gasteiger partial charge >= 0.3 is 0 Å². The number of aromatic nitrogens is 1. The van der Waals surface area contributed by atoms with Gasteiger partial charge in [0.1, 0.15) is 18.5 Å². The van der Waals surface area contributed by atoms with E-state index >= 15 is 0 Å². The zero-order valence-electron chi connectivity index (χ0n) is 25.8. The highest BCUT2D eigenvalue weighted by Crippen LogP contribution is 2.24. The van der Waals surface area contributed by atoms with Crippen LogP contribution in [0.4, 0.5) is 0 Å². The van der Waals surface area contributed by atoms with Crippen molar-refractivity contribution in [2.75, 3.05) is 32.8 Å². The van der Waals surface area contributed by atoms with Crippen LogP contribution in [0.1, 0.15) is 49.7 Å². The number of aliphatic hydroxyl groups excluding tert-OH is 1. The first-order chi connectivity index (χ1) is 21.6. The lowest BCUT2D eigenvalue weighted by atomic mass is 9.92. The lowest BCUT2D eigenvalue weighted by Gasteiger charge is -2.33. The minimum atomic E-state index is -0.564. The third kappa shape index (κ3) is 9.90. The number of aryl methyl sites for hydroxylation is 2. The summed E-state index contributed by atoms with van der Waals surface area (Å²) in [7, 11) is 0. The average molecular weight is 594 g/mol. The van der Waals surface area contributed by atoms with Crippen LogP contribution in [-0.2, 0) is 17.6 Å². The summed E-state index contributed by atoms with van der Waals surface area (Å²) in [5.74, 6) is 1.49. The van der Waals surface area contributed by atoms with Gasteiger partial charge in [-0.25, -0.2) is 0 Å². The molecule has 0 unspecified atom stereocenters. The van der Waals surface area contributed by atoms with Gasteiger partial charge in [0.15, 0.2) is 0 Å². The van der Waals surface area contributed by atoms with Crippen molar-refractivity contribution in [3.63, 3.8) is 0 Å². The molecule has 0 spiro atoms. The Morgan fingerprint density at radius 1 is 0.864 bits per heavy atom. The zero-order chi connectivity index (χ0) is 30.4. The Morgan fingerprint density at radius 3 is 2.18 bits per heavy atom. The Kier molecular flexibility index (Phi) is 12.2. The van der Waals surface area contributed by atoms with E-state index in [1.165, 1.54) is 11.1 Å². The number of amides is 1. The molecule has 4 aromatic rings. The number of likely N-dealkylation sites (tertiary alicyclic amines) is 1. The van der Waals surface area contributed by atoms with Gasteiger partial charge < -0.3 is 20.1 Å². The van der Waals surface area contributed by atoms with Crippen LogP contribution in [-0.4, -0.2) is 59.8 Å². The number of β-amino-alcohol motifs (C(OH)–C–C–N with tert-alkyl or cyclic N) is 1. The van der Waals surface area contributed by atoms with E-state index in [1.54, 1.807) is 6.20 Å². The molecule has 0 bridgehead atoms. The number of carbonyl (C=O) groups is 1. The molecule has 1 saturated heterocycles. The first-order valence-corrected chi connectivity index (χ1v) is 16.4. The van der Waals surface area contributed by atoms with Gasteiger partial charge in [-0.15, -0.1) is 0 Å². The summed E-state index contributed by atoms with van der Waals surface area (Å²) < 4.78 is 5.97. The lowest BCUT2D eigenvalue weighted by Crippen LogP contribution is -2.43. The lowest BCUT2D eigenvalue weighted by molar-refractivity contribution is -0.125. The van der Waals surface area contributed by atoms with Crippen LogP contribution in [0.2, 0.25) is 0 Å². The summed E-state index contributed by atoms with van der Waals surface area (Å²) in [6, 6.07) is 30.8. The molecule has 3 aromatic carbocycles. The summed E-state index contributed by atoms with van der Waals surface area (Å²) in [4.78, 5) is 20.1. The maximum absolute atomic E-state index is 13.4. The fraction of sp³-hybridized carbons (Fsp3) is 0.421. The zero-order valence-corrected chi connectivity index (χ0v) is 25.8. The molecule has 2 N–H and O–H groups in total. The van der Waals surface area contributed by atoms with Gasteiger partial charge in [-0.2, -0.15) is 0 Å². The molecule has 1 fully saturated rings. The van der Waals surface area contributed by atoms with Gasteiger partial charge in [0.05, 0.1) is 5.52 Å². The van der Waals surface area contributed by atoms with Crippen LogP contribution >= 0.6 is 0 Å². The highest BCUT2D eigenvalue weighted by Gasteiger charge is 2.24. The number of rotatable bonds is 16. The van der Waals surface area contributed by atoms with Crippen LogP contribution in [0, 0.1) is 11.8 Å². The molecule has 44 heavy (non-hydrogen) atoms. The number of carbonyl (C=O) groups excluding carboxylic acids is 1. The predicted octanol–water partition coefficient (Wildman–Crippen LogP) is 6.46. The Labute approximate surface area is 262 Å². The van der Waals surface area contributed by atoms with Gasteiger partial charge in [-0.1, -0.05) is 66.7 Å². The first kappa shape index (κ1) is 31.7. The third-order valence-electron chi connectivity index (χ3n) is 8.87. The van der Waals surface area contributed by atoms with Crippen molar-refractivity contribution in [1.29, 1.82) is 0 Å². The SMILES string of the molecule is O=C(NCC1CCN(C[C@@H](O)COc2cccc3ncccc23)CC1)C(CCCc1ccccc1)CCCc1ccccc1. The topological polar surface area (TPSA) is 74.7 Å². The Balaban J connectivity index is 1.03. The minimum absolute atomic E-state index is 0.0511. The van der Waals surface area contributed by atoms with Crippen LogP contribution in [0.3, 0.4) is 0 Å². The number of ether oxygens (including phenoxy) is 1. The van der Waals surface area contributed by atoms with E-state index in [0.29, 0.717) is 12.5 Å². The predicted molar refractivity (Wildman–Crippen MR) is 178 cm³/mol. The highest BCUT2D eigenvalue weighted by molar-refractivity contribution is 5.84. The van der Waals surface area contributed by atoms with Gasteiger partial charge in [0.25, 0.3) is 0 Å². The van der Waals surface area contributed by atoms with Crippen molar-refractivity contribution in [3.8, 4) is 5.75 Å². The van der Waals surface area contributed by atoms with E-state index in [-0.39, 0.29) is 18.4 Å². The molecule has 1 aliphatic rings. The normalized spacial score (nSPS) is 15.0. The molecule has 0 saturated carbocycles. The van der Waals surface area contributed by atoms with Crippen molar-refractivity contribution in [2.45, 2.75) is 57.5 Å². The van der Waals surface area contributed by atoms with Gasteiger partial charge in [0.2, 0.25) is 5.91 Å². The molecule has 2 heterocycles. The molecule has 1 amide bonds. The fourth-order valence-corrected chi connectivity index (χ4v) is 6.30. The van der Waals surface area contributed by atoms with E-state index in [2.05, 4.69) is 75.9 Å².